The molecule has 0 aromatic heterocycles. The van der Waals surface area contributed by atoms with E-state index < -0.39 is 0 Å². The van der Waals surface area contributed by atoms with Crippen molar-refractivity contribution in [2.45, 2.75) is 13.8 Å². The van der Waals surface area contributed by atoms with E-state index in [1.54, 1.807) is 25.3 Å². The Bertz CT molecular complexity index is 259. The second kappa shape index (κ2) is 5.24. The molecule has 2 nitrogen and oxygen atoms in total. The van der Waals surface area contributed by atoms with Gasteiger partial charge in [-0.25, -0.2) is 0 Å². The summed E-state index contributed by atoms with van der Waals surface area (Å²) in [5.41, 5.74) is 1.09. The third-order valence-corrected chi connectivity index (χ3v) is 1.26. The summed E-state index contributed by atoms with van der Waals surface area (Å²) >= 11 is 0. The van der Waals surface area contributed by atoms with Crippen molar-refractivity contribution in [3.63, 3.8) is 0 Å². The van der Waals surface area contributed by atoms with Crippen LogP contribution < -0.4 is 0 Å². The number of allylic oxidation sites excluding steroid dienone is 3. The van der Waals surface area contributed by atoms with E-state index in [1.165, 1.54) is 6.92 Å². The zero-order valence-electron chi connectivity index (χ0n) is 7.50. The maximum absolute atomic E-state index is 10.8. The average molecular weight is 163 g/mol. The third kappa shape index (κ3) is 3.66. The lowest BCUT2D eigenvalue weighted by Crippen LogP contribution is -1.91. The van der Waals surface area contributed by atoms with Crippen LogP contribution in [-0.4, -0.2) is 12.0 Å². The number of hydrogen-bond acceptors (Lipinski definition) is 2. The van der Waals surface area contributed by atoms with Gasteiger partial charge in [0.1, 0.15) is 0 Å². The largest absolute Gasteiger partial charge is 0.295 e. The van der Waals surface area contributed by atoms with Crippen molar-refractivity contribution in [1.82, 2.24) is 0 Å². The third-order valence-electron chi connectivity index (χ3n) is 1.26. The highest BCUT2D eigenvalue weighted by atomic mass is 16.1. The minimum atomic E-state index is -0.0550. The highest BCUT2D eigenvalue weighted by molar-refractivity contribution is 5.95. The van der Waals surface area contributed by atoms with Crippen molar-refractivity contribution in [3.05, 3.63) is 36.6 Å². The second-order valence-corrected chi connectivity index (χ2v) is 2.24. The number of ketones is 1. The molecule has 0 rings (SSSR count). The molecule has 0 fully saturated rings. The number of aliphatic imine (C=N–C) groups is 1. The lowest BCUT2D eigenvalue weighted by molar-refractivity contribution is -0.113. The van der Waals surface area contributed by atoms with Crippen molar-refractivity contribution >= 4 is 12.0 Å². The molecule has 2 heteroatoms. The van der Waals surface area contributed by atoms with Crippen LogP contribution in [0.15, 0.2) is 41.6 Å². The number of carbonyl (C=O) groups is 1. The Kier molecular flexibility index (Phi) is 4.61. The van der Waals surface area contributed by atoms with Crippen LogP contribution in [0, 0.1) is 0 Å². The molecule has 0 N–H and O–H groups in total. The van der Waals surface area contributed by atoms with E-state index in [1.807, 2.05) is 0 Å². The van der Waals surface area contributed by atoms with Crippen LogP contribution in [0.5, 0.6) is 0 Å². The van der Waals surface area contributed by atoms with Crippen LogP contribution >= 0.6 is 0 Å². The topological polar surface area (TPSA) is 29.4 Å². The Labute approximate surface area is 73.0 Å². The van der Waals surface area contributed by atoms with Crippen LogP contribution in [0.1, 0.15) is 13.8 Å². The molecule has 0 radical (unpaired) electrons. The molecule has 0 saturated carbocycles. The van der Waals surface area contributed by atoms with E-state index in [9.17, 15) is 4.79 Å². The smallest absolute Gasteiger partial charge is 0.159 e. The van der Waals surface area contributed by atoms with Gasteiger partial charge in [0.05, 0.1) is 5.70 Å². The number of hydrogen-bond donors (Lipinski definition) is 0. The molecule has 0 spiro atoms. The van der Waals surface area contributed by atoms with Gasteiger partial charge in [-0.3, -0.25) is 9.79 Å². The first-order valence-corrected chi connectivity index (χ1v) is 3.64. The van der Waals surface area contributed by atoms with Gasteiger partial charge in [-0.15, -0.1) is 0 Å². The Balaban J connectivity index is 4.60. The molecule has 64 valence electrons. The maximum atomic E-state index is 10.8. The molecular formula is C10H13NO. The first-order chi connectivity index (χ1) is 5.61. The first kappa shape index (κ1) is 10.6. The van der Waals surface area contributed by atoms with Crippen molar-refractivity contribution in [1.29, 1.82) is 0 Å². The number of rotatable bonds is 4. The van der Waals surface area contributed by atoms with Crippen molar-refractivity contribution in [3.8, 4) is 0 Å². The fourth-order valence-electron chi connectivity index (χ4n) is 0.578. The van der Waals surface area contributed by atoms with Crippen LogP contribution in [0.3, 0.4) is 0 Å². The van der Waals surface area contributed by atoms with Crippen LogP contribution in [0.2, 0.25) is 0 Å². The Morgan fingerprint density at radius 1 is 1.50 bits per heavy atom. The molecule has 0 aliphatic heterocycles. The summed E-state index contributed by atoms with van der Waals surface area (Å²) in [6.07, 6.45) is 4.82. The summed E-state index contributed by atoms with van der Waals surface area (Å²) < 4.78 is 0. The lowest BCUT2D eigenvalue weighted by atomic mass is 10.2. The molecule has 12 heavy (non-hydrogen) atoms. The maximum Gasteiger partial charge on any atom is 0.159 e. The van der Waals surface area contributed by atoms with Crippen LogP contribution in [-0.2, 0) is 4.79 Å². The van der Waals surface area contributed by atoms with Gasteiger partial charge in [-0.05, 0) is 26.0 Å². The molecule has 0 aromatic carbocycles. The molecule has 0 heterocycles. The van der Waals surface area contributed by atoms with E-state index in [2.05, 4.69) is 18.2 Å². The van der Waals surface area contributed by atoms with E-state index in [0.29, 0.717) is 11.3 Å². The molecule has 0 saturated heterocycles. The van der Waals surface area contributed by atoms with Crippen molar-refractivity contribution in [2.24, 2.45) is 4.99 Å². The average Bonchev–Trinajstić information content (AvgIpc) is 2.03. The lowest BCUT2D eigenvalue weighted by Gasteiger charge is -1.94. The number of nitrogens with zero attached hydrogens (tertiary/aromatic N) is 1. The van der Waals surface area contributed by atoms with E-state index in [-0.39, 0.29) is 5.78 Å². The molecule has 0 aliphatic rings. The molecule has 0 amide bonds. The van der Waals surface area contributed by atoms with E-state index in [4.69, 9.17) is 0 Å². The molecular weight excluding hydrogens is 150 g/mol. The molecule has 0 atom stereocenters. The summed E-state index contributed by atoms with van der Waals surface area (Å²) in [4.78, 5) is 14.7. The summed E-state index contributed by atoms with van der Waals surface area (Å²) in [5, 5.41) is 0. The normalized spacial score (nSPS) is 11.7. The predicted molar refractivity (Wildman–Crippen MR) is 52.3 cm³/mol. The quantitative estimate of drug-likeness (QED) is 0.355. The van der Waals surface area contributed by atoms with Gasteiger partial charge in [0.2, 0.25) is 0 Å². The summed E-state index contributed by atoms with van der Waals surface area (Å²) in [7, 11) is 0. The summed E-state index contributed by atoms with van der Waals surface area (Å²) in [6, 6.07) is 0. The predicted octanol–water partition coefficient (Wildman–Crippen LogP) is 2.29. The molecule has 0 bridgehead atoms. The van der Waals surface area contributed by atoms with Gasteiger partial charge in [-0.1, -0.05) is 13.2 Å². The Morgan fingerprint density at radius 3 is 2.42 bits per heavy atom. The molecule has 0 unspecified atom stereocenters. The van der Waals surface area contributed by atoms with Crippen molar-refractivity contribution in [2.75, 3.05) is 0 Å². The standard InChI is InChI=1S/C10H13NO/c1-5-10(11-6-2)7-8(3)9(4)12/h5-7H,1,3H2,2,4H3/b10-7-,11-6-. The van der Waals surface area contributed by atoms with Gasteiger partial charge in [0.15, 0.2) is 5.78 Å². The van der Waals surface area contributed by atoms with E-state index in [0.717, 1.165) is 0 Å². The van der Waals surface area contributed by atoms with Gasteiger partial charge >= 0.3 is 0 Å². The first-order valence-electron chi connectivity index (χ1n) is 3.64. The van der Waals surface area contributed by atoms with Gasteiger partial charge in [-0.2, -0.15) is 0 Å². The summed E-state index contributed by atoms with van der Waals surface area (Å²) in [5.74, 6) is -0.0550. The zero-order chi connectivity index (χ0) is 9.56. The van der Waals surface area contributed by atoms with Gasteiger partial charge in [0, 0.05) is 11.8 Å². The van der Waals surface area contributed by atoms with Crippen molar-refractivity contribution < 1.29 is 4.79 Å². The minimum Gasteiger partial charge on any atom is -0.295 e. The van der Waals surface area contributed by atoms with E-state index >= 15 is 0 Å². The second-order valence-electron chi connectivity index (χ2n) is 2.24. The number of carbonyl (C=O) groups excluding carboxylic acids is 1. The summed E-state index contributed by atoms with van der Waals surface area (Å²) in [6.45, 7) is 10.4. The minimum absolute atomic E-state index is 0.0550. The highest BCUT2D eigenvalue weighted by Gasteiger charge is 1.96. The van der Waals surface area contributed by atoms with Gasteiger partial charge < -0.3 is 0 Å². The fourth-order valence-corrected chi connectivity index (χ4v) is 0.578. The Hall–Kier alpha value is -1.44. The SMILES string of the molecule is C=CC(=C/C(=C)C(C)=O)/N=C\C. The monoisotopic (exact) mass is 163 g/mol. The molecule has 0 aromatic rings. The highest BCUT2D eigenvalue weighted by Crippen LogP contribution is 2.03. The van der Waals surface area contributed by atoms with Crippen LogP contribution in [0.25, 0.3) is 0 Å². The zero-order valence-corrected chi connectivity index (χ0v) is 7.50. The fraction of sp³-hybridized carbons (Fsp3) is 0.200. The van der Waals surface area contributed by atoms with Gasteiger partial charge in [0.25, 0.3) is 0 Å². The Morgan fingerprint density at radius 2 is 2.08 bits per heavy atom. The van der Waals surface area contributed by atoms with Crippen LogP contribution in [0.4, 0.5) is 0 Å². The molecule has 0 aliphatic carbocycles. The number of Topliss-reactive ketones (excluding diaryl/α,β-unsaturated/α-hetero) is 1.